The Morgan fingerprint density at radius 2 is 2.46 bits per heavy atom. The third kappa shape index (κ3) is 1.88. The summed E-state index contributed by atoms with van der Waals surface area (Å²) in [5.41, 5.74) is -0.123. The summed E-state index contributed by atoms with van der Waals surface area (Å²) in [6, 6.07) is 0. The van der Waals surface area contributed by atoms with E-state index in [2.05, 4.69) is 10.2 Å². The molecular weight excluding hydrogens is 206 g/mol. The van der Waals surface area contributed by atoms with Crippen LogP contribution in [-0.2, 0) is 6.54 Å². The lowest BCUT2D eigenvalue weighted by Crippen LogP contribution is -2.21. The first kappa shape index (κ1) is 9.08. The van der Waals surface area contributed by atoms with Gasteiger partial charge in [-0.15, -0.1) is 0 Å². The van der Waals surface area contributed by atoms with Crippen molar-refractivity contribution in [3.63, 3.8) is 0 Å². The molecule has 13 heavy (non-hydrogen) atoms. The zero-order valence-electron chi connectivity index (χ0n) is 7.08. The number of rotatable bonds is 2. The second-order valence-corrected chi connectivity index (χ2v) is 4.74. The van der Waals surface area contributed by atoms with E-state index in [4.69, 9.17) is 12.2 Å². The molecule has 2 rings (SSSR count). The van der Waals surface area contributed by atoms with Crippen LogP contribution in [0.3, 0.4) is 0 Å². The molecule has 1 unspecified atom stereocenters. The predicted molar refractivity (Wildman–Crippen MR) is 55.7 cm³/mol. The smallest absolute Gasteiger partial charge is 0.272 e. The van der Waals surface area contributed by atoms with Crippen LogP contribution >= 0.6 is 24.0 Å². The standard InChI is InChI=1S/C7H11N3OS2/c11-6-8-9-7(12)10(6)3-5-1-2-13-4-5/h5H,1-4H2,(H,8,11)(H,9,12). The van der Waals surface area contributed by atoms with Gasteiger partial charge in [-0.1, -0.05) is 0 Å². The normalized spacial score (nSPS) is 22.3. The summed E-state index contributed by atoms with van der Waals surface area (Å²) in [6.45, 7) is 0.755. The van der Waals surface area contributed by atoms with Crippen LogP contribution in [0, 0.1) is 10.7 Å². The van der Waals surface area contributed by atoms with Crippen molar-refractivity contribution in [2.75, 3.05) is 11.5 Å². The number of nitrogens with zero attached hydrogens (tertiary/aromatic N) is 1. The van der Waals surface area contributed by atoms with Gasteiger partial charge in [-0.2, -0.15) is 11.8 Å². The summed E-state index contributed by atoms with van der Waals surface area (Å²) in [6.07, 6.45) is 1.19. The van der Waals surface area contributed by atoms with Gasteiger partial charge in [0.05, 0.1) is 0 Å². The SMILES string of the molecule is O=c1[nH][nH]c(=S)n1CC1CCSC1. The maximum atomic E-state index is 11.2. The van der Waals surface area contributed by atoms with Crippen molar-refractivity contribution in [2.45, 2.75) is 13.0 Å². The average molecular weight is 217 g/mol. The van der Waals surface area contributed by atoms with E-state index in [1.54, 1.807) is 4.57 Å². The van der Waals surface area contributed by atoms with Gasteiger partial charge in [0.25, 0.3) is 0 Å². The van der Waals surface area contributed by atoms with Gasteiger partial charge in [0, 0.05) is 6.54 Å². The van der Waals surface area contributed by atoms with Crippen LogP contribution < -0.4 is 5.69 Å². The molecule has 0 radical (unpaired) electrons. The van der Waals surface area contributed by atoms with E-state index in [0.29, 0.717) is 10.7 Å². The number of H-pyrrole nitrogens is 2. The fourth-order valence-electron chi connectivity index (χ4n) is 1.49. The quantitative estimate of drug-likeness (QED) is 0.726. The molecule has 0 bridgehead atoms. The molecule has 72 valence electrons. The van der Waals surface area contributed by atoms with Crippen molar-refractivity contribution in [1.29, 1.82) is 0 Å². The van der Waals surface area contributed by atoms with Crippen molar-refractivity contribution >= 4 is 24.0 Å². The maximum absolute atomic E-state index is 11.2. The Labute approximate surface area is 84.7 Å². The molecule has 0 amide bonds. The average Bonchev–Trinajstić information content (AvgIpc) is 2.70. The fraction of sp³-hybridized carbons (Fsp3) is 0.714. The summed E-state index contributed by atoms with van der Waals surface area (Å²) >= 11 is 6.92. The third-order valence-corrected chi connectivity index (χ3v) is 3.79. The number of thioether (sulfide) groups is 1. The zero-order valence-corrected chi connectivity index (χ0v) is 8.71. The lowest BCUT2D eigenvalue weighted by molar-refractivity contribution is 0.480. The van der Waals surface area contributed by atoms with Gasteiger partial charge in [-0.25, -0.2) is 9.89 Å². The Kier molecular flexibility index (Phi) is 2.59. The van der Waals surface area contributed by atoms with Gasteiger partial charge in [0.15, 0.2) is 4.77 Å². The highest BCUT2D eigenvalue weighted by Crippen LogP contribution is 2.24. The maximum Gasteiger partial charge on any atom is 0.342 e. The van der Waals surface area contributed by atoms with Crippen molar-refractivity contribution < 1.29 is 0 Å². The fourth-order valence-corrected chi connectivity index (χ4v) is 2.97. The highest BCUT2D eigenvalue weighted by molar-refractivity contribution is 7.99. The Bertz CT molecular complexity index is 357. The van der Waals surface area contributed by atoms with Crippen LogP contribution in [0.5, 0.6) is 0 Å². The topological polar surface area (TPSA) is 53.6 Å². The first-order chi connectivity index (χ1) is 6.27. The summed E-state index contributed by atoms with van der Waals surface area (Å²) in [7, 11) is 0. The van der Waals surface area contributed by atoms with Crippen molar-refractivity contribution in [3.05, 3.63) is 15.3 Å². The molecule has 0 saturated carbocycles. The van der Waals surface area contributed by atoms with Crippen molar-refractivity contribution in [1.82, 2.24) is 14.8 Å². The second-order valence-electron chi connectivity index (χ2n) is 3.20. The monoisotopic (exact) mass is 217 g/mol. The molecular formula is C7H11N3OS2. The number of aromatic amines is 2. The molecule has 1 fully saturated rings. The van der Waals surface area contributed by atoms with Crippen molar-refractivity contribution in [2.24, 2.45) is 5.92 Å². The van der Waals surface area contributed by atoms with Gasteiger partial charge in [-0.3, -0.25) is 9.67 Å². The highest BCUT2D eigenvalue weighted by atomic mass is 32.2. The predicted octanol–water partition coefficient (Wildman–Crippen LogP) is 0.987. The minimum absolute atomic E-state index is 0.123. The first-order valence-electron chi connectivity index (χ1n) is 4.22. The summed E-state index contributed by atoms with van der Waals surface area (Å²) in [5, 5.41) is 5.13. The molecule has 1 atom stereocenters. The Balaban J connectivity index is 2.17. The van der Waals surface area contributed by atoms with E-state index in [1.807, 2.05) is 11.8 Å². The van der Waals surface area contributed by atoms with E-state index in [0.717, 1.165) is 12.3 Å². The van der Waals surface area contributed by atoms with Crippen LogP contribution in [0.2, 0.25) is 0 Å². The number of nitrogens with one attached hydrogen (secondary N) is 2. The van der Waals surface area contributed by atoms with E-state index < -0.39 is 0 Å². The Hall–Kier alpha value is -0.490. The van der Waals surface area contributed by atoms with Gasteiger partial charge >= 0.3 is 5.69 Å². The molecule has 1 aromatic rings. The number of hydrogen-bond acceptors (Lipinski definition) is 3. The molecule has 0 aliphatic carbocycles. The van der Waals surface area contributed by atoms with E-state index in [1.165, 1.54) is 12.2 Å². The number of hydrogen-bond donors (Lipinski definition) is 2. The molecule has 0 aromatic carbocycles. The van der Waals surface area contributed by atoms with Crippen LogP contribution in [0.4, 0.5) is 0 Å². The van der Waals surface area contributed by atoms with Crippen molar-refractivity contribution in [3.8, 4) is 0 Å². The van der Waals surface area contributed by atoms with Gasteiger partial charge in [-0.05, 0) is 36.1 Å². The van der Waals surface area contributed by atoms with Crippen LogP contribution in [-0.4, -0.2) is 26.3 Å². The largest absolute Gasteiger partial charge is 0.342 e. The highest BCUT2D eigenvalue weighted by Gasteiger charge is 2.17. The van der Waals surface area contributed by atoms with Gasteiger partial charge < -0.3 is 0 Å². The molecule has 2 heterocycles. The molecule has 1 saturated heterocycles. The van der Waals surface area contributed by atoms with Crippen LogP contribution in [0.25, 0.3) is 0 Å². The molecule has 1 aromatic heterocycles. The Morgan fingerprint density at radius 3 is 3.00 bits per heavy atom. The molecule has 2 N–H and O–H groups in total. The minimum Gasteiger partial charge on any atom is -0.272 e. The van der Waals surface area contributed by atoms with Gasteiger partial charge in [0.2, 0.25) is 0 Å². The summed E-state index contributed by atoms with van der Waals surface area (Å²) in [4.78, 5) is 11.2. The lowest BCUT2D eigenvalue weighted by Gasteiger charge is -2.06. The molecule has 4 nitrogen and oxygen atoms in total. The molecule has 6 heteroatoms. The van der Waals surface area contributed by atoms with E-state index in [-0.39, 0.29) is 5.69 Å². The lowest BCUT2D eigenvalue weighted by atomic mass is 10.1. The summed E-state index contributed by atoms with van der Waals surface area (Å²) in [5.74, 6) is 2.96. The molecule has 0 spiro atoms. The minimum atomic E-state index is -0.123. The van der Waals surface area contributed by atoms with Crippen LogP contribution in [0.1, 0.15) is 6.42 Å². The van der Waals surface area contributed by atoms with E-state index >= 15 is 0 Å². The summed E-state index contributed by atoms with van der Waals surface area (Å²) < 4.78 is 2.10. The second kappa shape index (κ2) is 3.71. The first-order valence-corrected chi connectivity index (χ1v) is 5.79. The number of aromatic nitrogens is 3. The molecule has 1 aliphatic rings. The molecule has 1 aliphatic heterocycles. The van der Waals surface area contributed by atoms with E-state index in [9.17, 15) is 4.79 Å². The zero-order chi connectivity index (χ0) is 9.26. The third-order valence-electron chi connectivity index (χ3n) is 2.23. The Morgan fingerprint density at radius 1 is 1.62 bits per heavy atom. The van der Waals surface area contributed by atoms with Gasteiger partial charge in [0.1, 0.15) is 0 Å². The van der Waals surface area contributed by atoms with Crippen LogP contribution in [0.15, 0.2) is 4.79 Å².